The van der Waals surface area contributed by atoms with Gasteiger partial charge < -0.3 is 0 Å². The van der Waals surface area contributed by atoms with Crippen molar-refractivity contribution in [2.24, 2.45) is 0 Å². The summed E-state index contributed by atoms with van der Waals surface area (Å²) in [7, 11) is 0. The molecule has 70 valence electrons. The molecule has 12 heavy (non-hydrogen) atoms. The van der Waals surface area contributed by atoms with E-state index in [-0.39, 0.29) is 5.78 Å². The third-order valence-corrected chi connectivity index (χ3v) is 2.33. The van der Waals surface area contributed by atoms with Crippen LogP contribution < -0.4 is 0 Å². The summed E-state index contributed by atoms with van der Waals surface area (Å²) in [6.07, 6.45) is 6.09. The fraction of sp³-hybridized carbons (Fsp3) is 0.700. The molecule has 0 aromatic heterocycles. The van der Waals surface area contributed by atoms with Crippen LogP contribution in [0.25, 0.3) is 0 Å². The summed E-state index contributed by atoms with van der Waals surface area (Å²) in [5.41, 5.74) is 1.40. The molecule has 0 amide bonds. The first-order valence-corrected chi connectivity index (χ1v) is 5.56. The number of rotatable bonds is 6. The Bertz CT molecular complexity index is 161. The van der Waals surface area contributed by atoms with Crippen molar-refractivity contribution < 1.29 is 4.79 Å². The van der Waals surface area contributed by atoms with Gasteiger partial charge in [0.1, 0.15) is 5.78 Å². The first-order valence-electron chi connectivity index (χ1n) is 4.44. The van der Waals surface area contributed by atoms with Crippen LogP contribution in [0.2, 0.25) is 0 Å². The van der Waals surface area contributed by atoms with E-state index in [9.17, 15) is 4.79 Å². The van der Waals surface area contributed by atoms with Gasteiger partial charge >= 0.3 is 0 Å². The van der Waals surface area contributed by atoms with Crippen molar-refractivity contribution in [3.63, 3.8) is 0 Å². The molecule has 2 heteroatoms. The van der Waals surface area contributed by atoms with E-state index < -0.39 is 0 Å². The van der Waals surface area contributed by atoms with Gasteiger partial charge in [-0.15, -0.1) is 0 Å². The zero-order valence-corrected chi connectivity index (χ0v) is 9.49. The van der Waals surface area contributed by atoms with Gasteiger partial charge in [0.2, 0.25) is 0 Å². The summed E-state index contributed by atoms with van der Waals surface area (Å²) in [5, 5.41) is 0.494. The average Bonchev–Trinajstić information content (AvgIpc) is 2.04. The second-order valence-electron chi connectivity index (χ2n) is 3.01. The molecule has 0 spiro atoms. The topological polar surface area (TPSA) is 17.1 Å². The van der Waals surface area contributed by atoms with Crippen LogP contribution in [0.5, 0.6) is 0 Å². The first kappa shape index (κ1) is 11.9. The van der Waals surface area contributed by atoms with E-state index in [1.807, 2.05) is 0 Å². The Morgan fingerprint density at radius 1 is 1.42 bits per heavy atom. The molecule has 0 aromatic carbocycles. The Kier molecular flexibility index (Phi) is 7.47. The Labute approximate surface area is 83.4 Å². The van der Waals surface area contributed by atoms with Crippen molar-refractivity contribution in [3.8, 4) is 0 Å². The van der Waals surface area contributed by atoms with Gasteiger partial charge in [0.25, 0.3) is 0 Å². The van der Waals surface area contributed by atoms with E-state index >= 15 is 0 Å². The number of Topliss-reactive ketones (excluding diaryl/α,β-unsaturated/α-hetero) is 1. The molecule has 0 radical (unpaired) electrons. The normalized spacial score (nSPS) is 11.8. The molecule has 0 N–H and O–H groups in total. The molecule has 0 aliphatic rings. The molecule has 0 saturated heterocycles. The molecule has 0 aliphatic heterocycles. The summed E-state index contributed by atoms with van der Waals surface area (Å²) in [6.45, 7) is 4.29. The van der Waals surface area contributed by atoms with E-state index in [2.05, 4.69) is 35.9 Å². The SMILES string of the molecule is CCCC(C)=CCCC(=O)CBr. The summed E-state index contributed by atoms with van der Waals surface area (Å²) in [6, 6.07) is 0. The van der Waals surface area contributed by atoms with Crippen molar-refractivity contribution in [1.29, 1.82) is 0 Å². The molecule has 0 fully saturated rings. The molecule has 0 bridgehead atoms. The molecule has 0 unspecified atom stereocenters. The number of hydrogen-bond donors (Lipinski definition) is 0. The smallest absolute Gasteiger partial charge is 0.143 e. The number of carbonyl (C=O) groups excluding carboxylic acids is 1. The lowest BCUT2D eigenvalue weighted by molar-refractivity contribution is -0.116. The van der Waals surface area contributed by atoms with Crippen molar-refractivity contribution in [3.05, 3.63) is 11.6 Å². The highest BCUT2D eigenvalue weighted by molar-refractivity contribution is 9.09. The van der Waals surface area contributed by atoms with Crippen molar-refractivity contribution in [1.82, 2.24) is 0 Å². The van der Waals surface area contributed by atoms with Gasteiger partial charge in [-0.25, -0.2) is 0 Å². The lowest BCUT2D eigenvalue weighted by Gasteiger charge is -1.97. The summed E-state index contributed by atoms with van der Waals surface area (Å²) in [4.78, 5) is 10.9. The van der Waals surface area contributed by atoms with Gasteiger partial charge in [-0.3, -0.25) is 4.79 Å². The highest BCUT2D eigenvalue weighted by atomic mass is 79.9. The summed E-state index contributed by atoms with van der Waals surface area (Å²) < 4.78 is 0. The van der Waals surface area contributed by atoms with Gasteiger partial charge in [-0.1, -0.05) is 40.9 Å². The molecule has 0 aliphatic carbocycles. The van der Waals surface area contributed by atoms with Gasteiger partial charge in [0.15, 0.2) is 0 Å². The molecule has 0 atom stereocenters. The standard InChI is InChI=1S/C10H17BrO/c1-3-5-9(2)6-4-7-10(12)8-11/h6H,3-5,7-8H2,1-2H3. The number of alkyl halides is 1. The zero-order valence-electron chi connectivity index (χ0n) is 7.90. The summed E-state index contributed by atoms with van der Waals surface area (Å²) in [5.74, 6) is 0.288. The predicted octanol–water partition coefficient (Wildman–Crippen LogP) is 3.48. The van der Waals surface area contributed by atoms with Crippen LogP contribution in [-0.2, 0) is 4.79 Å². The number of hydrogen-bond acceptors (Lipinski definition) is 1. The minimum absolute atomic E-state index is 0.288. The lowest BCUT2D eigenvalue weighted by Crippen LogP contribution is -1.96. The van der Waals surface area contributed by atoms with Crippen LogP contribution in [0.15, 0.2) is 11.6 Å². The zero-order chi connectivity index (χ0) is 9.40. The van der Waals surface area contributed by atoms with Crippen LogP contribution in [0.3, 0.4) is 0 Å². The molecule has 1 nitrogen and oxygen atoms in total. The maximum Gasteiger partial charge on any atom is 0.143 e. The van der Waals surface area contributed by atoms with E-state index in [1.165, 1.54) is 12.0 Å². The van der Waals surface area contributed by atoms with E-state index in [0.717, 1.165) is 12.8 Å². The van der Waals surface area contributed by atoms with Gasteiger partial charge in [0.05, 0.1) is 5.33 Å². The van der Waals surface area contributed by atoms with Crippen molar-refractivity contribution >= 4 is 21.7 Å². The predicted molar refractivity (Wildman–Crippen MR) is 56.7 cm³/mol. The maximum atomic E-state index is 10.9. The largest absolute Gasteiger partial charge is 0.299 e. The Hall–Kier alpha value is -0.110. The van der Waals surface area contributed by atoms with Crippen molar-refractivity contribution in [2.45, 2.75) is 39.5 Å². The van der Waals surface area contributed by atoms with E-state index in [0.29, 0.717) is 11.8 Å². The van der Waals surface area contributed by atoms with Gasteiger partial charge in [0, 0.05) is 6.42 Å². The van der Waals surface area contributed by atoms with Crippen LogP contribution >= 0.6 is 15.9 Å². The highest BCUT2D eigenvalue weighted by Crippen LogP contribution is 2.06. The molecule has 0 saturated carbocycles. The molecule has 0 aromatic rings. The highest BCUT2D eigenvalue weighted by Gasteiger charge is 1.96. The maximum absolute atomic E-state index is 10.9. The number of ketones is 1. The van der Waals surface area contributed by atoms with E-state index in [4.69, 9.17) is 0 Å². The average molecular weight is 233 g/mol. The Morgan fingerprint density at radius 3 is 2.58 bits per heavy atom. The summed E-state index contributed by atoms with van der Waals surface area (Å²) >= 11 is 3.14. The minimum atomic E-state index is 0.288. The number of carbonyl (C=O) groups is 1. The van der Waals surface area contributed by atoms with Crippen LogP contribution in [0.4, 0.5) is 0 Å². The van der Waals surface area contributed by atoms with Crippen LogP contribution in [0, 0.1) is 0 Å². The monoisotopic (exact) mass is 232 g/mol. The molecular formula is C10H17BrO. The third kappa shape index (κ3) is 6.59. The molecular weight excluding hydrogens is 216 g/mol. The van der Waals surface area contributed by atoms with Gasteiger partial charge in [-0.2, -0.15) is 0 Å². The van der Waals surface area contributed by atoms with Crippen LogP contribution in [-0.4, -0.2) is 11.1 Å². The van der Waals surface area contributed by atoms with Crippen molar-refractivity contribution in [2.75, 3.05) is 5.33 Å². The molecule has 0 rings (SSSR count). The Balaban J connectivity index is 3.52. The minimum Gasteiger partial charge on any atom is -0.299 e. The Morgan fingerprint density at radius 2 is 2.08 bits per heavy atom. The number of allylic oxidation sites excluding steroid dienone is 2. The van der Waals surface area contributed by atoms with Gasteiger partial charge in [-0.05, 0) is 19.8 Å². The fourth-order valence-corrected chi connectivity index (χ4v) is 1.32. The lowest BCUT2D eigenvalue weighted by atomic mass is 10.1. The fourth-order valence-electron chi connectivity index (χ4n) is 1.04. The second-order valence-corrected chi connectivity index (χ2v) is 3.57. The molecule has 0 heterocycles. The quantitative estimate of drug-likeness (QED) is 0.507. The number of halogens is 1. The second kappa shape index (κ2) is 7.53. The third-order valence-electron chi connectivity index (χ3n) is 1.71. The van der Waals surface area contributed by atoms with E-state index in [1.54, 1.807) is 0 Å². The first-order chi connectivity index (χ1) is 5.70. The van der Waals surface area contributed by atoms with Crippen LogP contribution in [0.1, 0.15) is 39.5 Å².